The zero-order valence-electron chi connectivity index (χ0n) is 10.3. The van der Waals surface area contributed by atoms with Gasteiger partial charge in [0.15, 0.2) is 11.6 Å². The van der Waals surface area contributed by atoms with Crippen LogP contribution in [-0.4, -0.2) is 4.98 Å². The van der Waals surface area contributed by atoms with Gasteiger partial charge in [-0.3, -0.25) is 0 Å². The number of aromatic nitrogens is 1. The van der Waals surface area contributed by atoms with E-state index < -0.39 is 11.6 Å². The number of rotatable bonds is 2. The lowest BCUT2D eigenvalue weighted by Crippen LogP contribution is -2.32. The number of benzene rings is 1. The van der Waals surface area contributed by atoms with Crippen LogP contribution in [-0.2, 0) is 5.54 Å². The first-order valence-corrected chi connectivity index (χ1v) is 7.17. The Morgan fingerprint density at radius 1 is 1.16 bits per heavy atom. The van der Waals surface area contributed by atoms with Crippen molar-refractivity contribution in [3.63, 3.8) is 0 Å². The molecule has 0 amide bonds. The van der Waals surface area contributed by atoms with Crippen molar-refractivity contribution in [2.24, 2.45) is 5.73 Å². The minimum absolute atomic E-state index is 0.332. The predicted octanol–water partition coefficient (Wildman–Crippen LogP) is 3.82. The Hall–Kier alpha value is -1.33. The van der Waals surface area contributed by atoms with Gasteiger partial charge in [-0.2, -0.15) is 0 Å². The molecule has 1 aromatic heterocycles. The summed E-state index contributed by atoms with van der Waals surface area (Å²) in [4.78, 5) is 4.51. The van der Waals surface area contributed by atoms with Crippen molar-refractivity contribution in [2.45, 2.75) is 31.2 Å². The van der Waals surface area contributed by atoms with E-state index in [0.29, 0.717) is 11.3 Å². The first-order chi connectivity index (χ1) is 9.08. The van der Waals surface area contributed by atoms with Crippen molar-refractivity contribution in [3.8, 4) is 11.3 Å². The molecule has 0 saturated heterocycles. The smallest absolute Gasteiger partial charge is 0.159 e. The van der Waals surface area contributed by atoms with Crippen LogP contribution in [0.5, 0.6) is 0 Å². The van der Waals surface area contributed by atoms with Crippen molar-refractivity contribution in [1.82, 2.24) is 4.98 Å². The molecule has 19 heavy (non-hydrogen) atoms. The van der Waals surface area contributed by atoms with Crippen LogP contribution in [0.15, 0.2) is 23.6 Å². The summed E-state index contributed by atoms with van der Waals surface area (Å²) in [7, 11) is 0. The molecule has 0 radical (unpaired) electrons. The van der Waals surface area contributed by atoms with Crippen molar-refractivity contribution in [1.29, 1.82) is 0 Å². The van der Waals surface area contributed by atoms with E-state index in [1.807, 2.05) is 5.38 Å². The van der Waals surface area contributed by atoms with Gasteiger partial charge in [0, 0.05) is 10.9 Å². The average Bonchev–Trinajstić information content (AvgIpc) is 3.02. The summed E-state index contributed by atoms with van der Waals surface area (Å²) >= 11 is 1.50. The van der Waals surface area contributed by atoms with Crippen LogP contribution >= 0.6 is 11.3 Å². The second-order valence-electron chi connectivity index (χ2n) is 5.03. The number of thiazole rings is 1. The molecule has 1 aliphatic carbocycles. The molecule has 1 heterocycles. The quantitative estimate of drug-likeness (QED) is 0.908. The van der Waals surface area contributed by atoms with Gasteiger partial charge in [-0.15, -0.1) is 11.3 Å². The molecule has 1 aromatic carbocycles. The fraction of sp³-hybridized carbons (Fsp3) is 0.357. The number of nitrogens with zero attached hydrogens (tertiary/aromatic N) is 1. The van der Waals surface area contributed by atoms with E-state index in [-0.39, 0.29) is 5.54 Å². The van der Waals surface area contributed by atoms with E-state index in [2.05, 4.69) is 4.98 Å². The van der Waals surface area contributed by atoms with Crippen molar-refractivity contribution >= 4 is 11.3 Å². The van der Waals surface area contributed by atoms with E-state index in [0.717, 1.165) is 36.8 Å². The highest BCUT2D eigenvalue weighted by molar-refractivity contribution is 7.10. The van der Waals surface area contributed by atoms with E-state index in [1.165, 1.54) is 23.5 Å². The molecular formula is C14H14F2N2S. The molecule has 0 atom stereocenters. The number of halogens is 2. The molecule has 1 saturated carbocycles. The Bertz CT molecular complexity index is 603. The number of hydrogen-bond acceptors (Lipinski definition) is 3. The molecule has 1 aliphatic rings. The highest BCUT2D eigenvalue weighted by Crippen LogP contribution is 2.39. The summed E-state index contributed by atoms with van der Waals surface area (Å²) in [5.74, 6) is -1.69. The fourth-order valence-electron chi connectivity index (χ4n) is 2.51. The Kier molecular flexibility index (Phi) is 3.11. The van der Waals surface area contributed by atoms with Crippen molar-refractivity contribution < 1.29 is 8.78 Å². The number of nitrogens with two attached hydrogens (primary N) is 1. The van der Waals surface area contributed by atoms with Gasteiger partial charge in [0.25, 0.3) is 0 Å². The van der Waals surface area contributed by atoms with Gasteiger partial charge in [0.2, 0.25) is 0 Å². The summed E-state index contributed by atoms with van der Waals surface area (Å²) in [6.45, 7) is 0. The molecule has 0 bridgehead atoms. The third kappa shape index (κ3) is 2.28. The summed E-state index contributed by atoms with van der Waals surface area (Å²) in [6, 6.07) is 3.83. The van der Waals surface area contributed by atoms with Gasteiger partial charge in [-0.05, 0) is 31.0 Å². The van der Waals surface area contributed by atoms with Crippen LogP contribution in [0.3, 0.4) is 0 Å². The van der Waals surface area contributed by atoms with E-state index in [9.17, 15) is 8.78 Å². The molecule has 2 nitrogen and oxygen atoms in total. The molecule has 2 aromatic rings. The lowest BCUT2D eigenvalue weighted by molar-refractivity contribution is 0.459. The second-order valence-corrected chi connectivity index (χ2v) is 5.89. The van der Waals surface area contributed by atoms with Gasteiger partial charge in [0.05, 0.1) is 11.2 Å². The molecule has 0 unspecified atom stereocenters. The SMILES string of the molecule is NC1(c2nc(-c3ccc(F)c(F)c3)cs2)CCCC1. The maximum Gasteiger partial charge on any atom is 0.159 e. The summed E-state index contributed by atoms with van der Waals surface area (Å²) in [6.07, 6.45) is 4.13. The van der Waals surface area contributed by atoms with Gasteiger partial charge >= 0.3 is 0 Å². The summed E-state index contributed by atoms with van der Waals surface area (Å²) < 4.78 is 26.1. The van der Waals surface area contributed by atoms with Crippen LogP contribution in [0.25, 0.3) is 11.3 Å². The maximum atomic E-state index is 13.2. The molecule has 100 valence electrons. The number of hydrogen-bond donors (Lipinski definition) is 1. The summed E-state index contributed by atoms with van der Waals surface area (Å²) in [5, 5.41) is 2.75. The minimum atomic E-state index is -0.852. The molecule has 1 fully saturated rings. The maximum absolute atomic E-state index is 13.2. The Morgan fingerprint density at radius 2 is 1.89 bits per heavy atom. The van der Waals surface area contributed by atoms with Gasteiger partial charge in [0.1, 0.15) is 5.01 Å². The standard InChI is InChI=1S/C14H14F2N2S/c15-10-4-3-9(7-11(10)16)12-8-19-13(18-12)14(17)5-1-2-6-14/h3-4,7-8H,1-2,5-6,17H2. The first kappa shape index (κ1) is 12.7. The lowest BCUT2D eigenvalue weighted by atomic mass is 10.0. The first-order valence-electron chi connectivity index (χ1n) is 6.29. The molecule has 0 aliphatic heterocycles. The topological polar surface area (TPSA) is 38.9 Å². The average molecular weight is 280 g/mol. The molecular weight excluding hydrogens is 266 g/mol. The van der Waals surface area contributed by atoms with Crippen LogP contribution in [0.1, 0.15) is 30.7 Å². The zero-order valence-corrected chi connectivity index (χ0v) is 11.1. The zero-order chi connectivity index (χ0) is 13.5. The normalized spacial score (nSPS) is 17.8. The van der Waals surface area contributed by atoms with E-state index in [1.54, 1.807) is 0 Å². The largest absolute Gasteiger partial charge is 0.319 e. The predicted molar refractivity (Wildman–Crippen MR) is 71.8 cm³/mol. The van der Waals surface area contributed by atoms with Crippen LogP contribution in [0, 0.1) is 11.6 Å². The Balaban J connectivity index is 1.94. The molecule has 5 heteroatoms. The van der Waals surface area contributed by atoms with Gasteiger partial charge in [-0.25, -0.2) is 13.8 Å². The Morgan fingerprint density at radius 3 is 2.58 bits per heavy atom. The highest BCUT2D eigenvalue weighted by Gasteiger charge is 2.34. The van der Waals surface area contributed by atoms with Crippen LogP contribution < -0.4 is 5.73 Å². The fourth-order valence-corrected chi connectivity index (χ4v) is 3.51. The monoisotopic (exact) mass is 280 g/mol. The van der Waals surface area contributed by atoms with Crippen molar-refractivity contribution in [2.75, 3.05) is 0 Å². The van der Waals surface area contributed by atoms with E-state index >= 15 is 0 Å². The second kappa shape index (κ2) is 4.65. The third-order valence-corrected chi connectivity index (χ3v) is 4.70. The third-order valence-electron chi connectivity index (χ3n) is 3.64. The molecule has 2 N–H and O–H groups in total. The van der Waals surface area contributed by atoms with Crippen LogP contribution in [0.2, 0.25) is 0 Å². The van der Waals surface area contributed by atoms with E-state index in [4.69, 9.17) is 5.73 Å². The summed E-state index contributed by atoms with van der Waals surface area (Å²) in [5.41, 5.74) is 7.26. The van der Waals surface area contributed by atoms with Gasteiger partial charge in [-0.1, -0.05) is 12.8 Å². The minimum Gasteiger partial charge on any atom is -0.319 e. The van der Waals surface area contributed by atoms with Crippen molar-refractivity contribution in [3.05, 3.63) is 40.2 Å². The van der Waals surface area contributed by atoms with Crippen LogP contribution in [0.4, 0.5) is 8.78 Å². The molecule has 0 spiro atoms. The Labute approximate surface area is 114 Å². The lowest BCUT2D eigenvalue weighted by Gasteiger charge is -2.19. The van der Waals surface area contributed by atoms with Gasteiger partial charge < -0.3 is 5.73 Å². The molecule has 3 rings (SSSR count). The highest BCUT2D eigenvalue weighted by atomic mass is 32.1.